The Hall–Kier alpha value is -7.68. The van der Waals surface area contributed by atoms with Gasteiger partial charge in [-0.2, -0.15) is 0 Å². The van der Waals surface area contributed by atoms with Gasteiger partial charge in [0, 0.05) is 34.2 Å². The Morgan fingerprint density at radius 3 is 1.46 bits per heavy atom. The molecule has 0 saturated heterocycles. The van der Waals surface area contributed by atoms with E-state index in [2.05, 4.69) is 279 Å². The molecule has 2 heteroatoms. The van der Waals surface area contributed by atoms with Crippen molar-refractivity contribution in [1.82, 2.24) is 0 Å². The van der Waals surface area contributed by atoms with Crippen molar-refractivity contribution in [3.05, 3.63) is 279 Å². The molecule has 0 saturated carbocycles. The Morgan fingerprint density at radius 1 is 0.400 bits per heavy atom. The minimum absolute atomic E-state index is 0.136. The predicted octanol–water partition coefficient (Wildman–Crippen LogP) is 27.8. The maximum Gasteiger partial charge on any atom is 0.0458 e. The van der Waals surface area contributed by atoms with Crippen LogP contribution < -0.4 is 9.80 Å². The van der Waals surface area contributed by atoms with E-state index in [1.807, 2.05) is 0 Å². The molecule has 6 aromatic rings. The lowest BCUT2D eigenvalue weighted by Crippen LogP contribution is -2.26. The van der Waals surface area contributed by atoms with E-state index in [1.165, 1.54) is 167 Å². The van der Waals surface area contributed by atoms with Gasteiger partial charge >= 0.3 is 0 Å². The van der Waals surface area contributed by atoms with Crippen LogP contribution in [0.2, 0.25) is 0 Å². The number of hydrogen-bond donors (Lipinski definition) is 0. The summed E-state index contributed by atoms with van der Waals surface area (Å²) in [6.45, 7) is 23.7. The molecule has 0 aliphatic heterocycles. The second-order valence-electron chi connectivity index (χ2n) is 29.0. The lowest BCUT2D eigenvalue weighted by Gasteiger charge is -2.36. The van der Waals surface area contributed by atoms with Crippen LogP contribution in [0, 0.1) is 11.3 Å². The van der Waals surface area contributed by atoms with Crippen molar-refractivity contribution in [1.29, 1.82) is 0 Å². The summed E-state index contributed by atoms with van der Waals surface area (Å²) in [6.07, 6.45) is 48.2. The Bertz CT molecular complexity index is 3910. The first-order valence-electron chi connectivity index (χ1n) is 37.6. The number of nitrogens with zero attached hydrogens (tertiary/aromatic N) is 2. The second-order valence-corrected chi connectivity index (χ2v) is 29.0. The summed E-state index contributed by atoms with van der Waals surface area (Å²) in [4.78, 5) is 5.12. The van der Waals surface area contributed by atoms with Crippen LogP contribution >= 0.6 is 0 Å². The van der Waals surface area contributed by atoms with Gasteiger partial charge in [-0.15, -0.1) is 0 Å². The molecular weight excluding hydrogens is 1150 g/mol. The van der Waals surface area contributed by atoms with Crippen molar-refractivity contribution in [3.63, 3.8) is 0 Å². The molecule has 0 heterocycles. The number of aryl methyl sites for hydroxylation is 1. The van der Waals surface area contributed by atoms with Crippen molar-refractivity contribution in [2.24, 2.45) is 11.3 Å². The van der Waals surface area contributed by atoms with Gasteiger partial charge in [0.15, 0.2) is 0 Å². The van der Waals surface area contributed by atoms with Gasteiger partial charge in [-0.05, 0) is 270 Å². The normalized spacial score (nSPS) is 17.1. The highest BCUT2D eigenvalue weighted by molar-refractivity contribution is 5.80. The molecule has 1 atom stereocenters. The van der Waals surface area contributed by atoms with Crippen LogP contribution in [0.25, 0.3) is 33.4 Å². The van der Waals surface area contributed by atoms with Crippen molar-refractivity contribution in [2.75, 3.05) is 9.80 Å². The summed E-state index contributed by atoms with van der Waals surface area (Å²) >= 11 is 0. The summed E-state index contributed by atoms with van der Waals surface area (Å²) in [6, 6.07) is 57.3. The van der Waals surface area contributed by atoms with Crippen LogP contribution in [-0.4, -0.2) is 0 Å². The fourth-order valence-electron chi connectivity index (χ4n) is 15.9. The third-order valence-corrected chi connectivity index (χ3v) is 22.9. The standard InChI is InChI=1S/C93H112N2/c1-11-18-20-24-34-76-67-91(79-45-63-89(69(14-4)65-79)75-42-56-85(57-43-75)95(87-60-48-81(49-61-87)93(10,16-6)17-7)83-52-38-73(39-53-83)71-32-28-23-29-33-71)77(35-25-21-19-12-2)66-90(76)78-44-62-88(68(13-3)64-78)74-40-54-84(55-41-74)94(86-58-46-80(47-59-86)92(8,9)15-5)82-50-36-72(37-51-82)70-30-26-22-27-31-70/h22-23,26-33,36-40,42,45-48,50-54,56,58-60,63-65,67,77H,11-21,24-25,34-35,41,43-44,49,55,57,61-62,66H2,1-10H3. The summed E-state index contributed by atoms with van der Waals surface area (Å²) in [5.41, 5.74) is 33.3. The van der Waals surface area contributed by atoms with Crippen LogP contribution in [0.15, 0.2) is 256 Å². The van der Waals surface area contributed by atoms with E-state index in [0.717, 1.165) is 77.0 Å². The molecule has 11 rings (SSSR count). The van der Waals surface area contributed by atoms with Gasteiger partial charge in [0.05, 0.1) is 0 Å². The highest BCUT2D eigenvalue weighted by Gasteiger charge is 2.32. The smallest absolute Gasteiger partial charge is 0.0458 e. The van der Waals surface area contributed by atoms with E-state index in [4.69, 9.17) is 0 Å². The summed E-state index contributed by atoms with van der Waals surface area (Å²) in [5.74, 6) is 0.509. The number of benzene rings is 6. The van der Waals surface area contributed by atoms with Crippen LogP contribution in [0.1, 0.15) is 239 Å². The second kappa shape index (κ2) is 32.4. The van der Waals surface area contributed by atoms with E-state index >= 15 is 0 Å². The number of hydrogen-bond acceptors (Lipinski definition) is 2. The summed E-state index contributed by atoms with van der Waals surface area (Å²) < 4.78 is 0. The molecule has 0 spiro atoms. The molecule has 2 nitrogen and oxygen atoms in total. The zero-order valence-corrected chi connectivity index (χ0v) is 60.0. The molecule has 0 aromatic heterocycles. The summed E-state index contributed by atoms with van der Waals surface area (Å²) in [7, 11) is 0. The fraction of sp³-hybridized carbons (Fsp3) is 0.398. The molecule has 0 amide bonds. The lowest BCUT2D eigenvalue weighted by molar-refractivity contribution is 0.354. The zero-order valence-electron chi connectivity index (χ0n) is 60.0. The topological polar surface area (TPSA) is 6.48 Å². The van der Waals surface area contributed by atoms with Gasteiger partial charge in [-0.25, -0.2) is 0 Å². The van der Waals surface area contributed by atoms with Crippen LogP contribution in [0.5, 0.6) is 0 Å². The molecule has 0 N–H and O–H groups in total. The van der Waals surface area contributed by atoms with Crippen LogP contribution in [-0.2, 0) is 11.8 Å². The zero-order chi connectivity index (χ0) is 66.3. The fourth-order valence-corrected chi connectivity index (χ4v) is 15.9. The van der Waals surface area contributed by atoms with Crippen LogP contribution in [0.4, 0.5) is 17.1 Å². The summed E-state index contributed by atoms with van der Waals surface area (Å²) in [5, 5.41) is 0. The largest absolute Gasteiger partial charge is 0.318 e. The third-order valence-electron chi connectivity index (χ3n) is 22.9. The first-order valence-corrected chi connectivity index (χ1v) is 37.6. The number of allylic oxidation sites excluding steroid dienone is 20. The average molecular weight is 1260 g/mol. The Kier molecular flexibility index (Phi) is 23.4. The Labute approximate surface area is 575 Å². The molecule has 0 bridgehead atoms. The molecule has 0 fully saturated rings. The molecular formula is C93H112N2. The quantitative estimate of drug-likeness (QED) is 0.0432. The van der Waals surface area contributed by atoms with Crippen molar-refractivity contribution in [2.45, 2.75) is 229 Å². The van der Waals surface area contributed by atoms with Gasteiger partial charge in [0.2, 0.25) is 0 Å². The monoisotopic (exact) mass is 1260 g/mol. The molecule has 95 heavy (non-hydrogen) atoms. The number of rotatable bonds is 29. The average Bonchev–Trinajstić information content (AvgIpc) is 0.818. The minimum atomic E-state index is 0.136. The maximum atomic E-state index is 2.75. The molecule has 6 aromatic carbocycles. The highest BCUT2D eigenvalue weighted by atomic mass is 15.2. The molecule has 494 valence electrons. The molecule has 5 aliphatic carbocycles. The van der Waals surface area contributed by atoms with Gasteiger partial charge in [-0.1, -0.05) is 265 Å². The number of unbranched alkanes of at least 4 members (excludes halogenated alkanes) is 6. The minimum Gasteiger partial charge on any atom is -0.318 e. The van der Waals surface area contributed by atoms with Gasteiger partial charge < -0.3 is 9.80 Å². The van der Waals surface area contributed by atoms with Gasteiger partial charge in [0.25, 0.3) is 0 Å². The van der Waals surface area contributed by atoms with Crippen molar-refractivity contribution >= 4 is 28.2 Å². The van der Waals surface area contributed by atoms with Gasteiger partial charge in [0.1, 0.15) is 0 Å². The maximum absolute atomic E-state index is 2.75. The third kappa shape index (κ3) is 16.1. The first-order chi connectivity index (χ1) is 46.4. The first kappa shape index (κ1) is 68.7. The Balaban J connectivity index is 0.903. The van der Waals surface area contributed by atoms with E-state index in [1.54, 1.807) is 39.0 Å². The number of anilines is 3. The van der Waals surface area contributed by atoms with Crippen molar-refractivity contribution < 1.29 is 0 Å². The Morgan fingerprint density at radius 2 is 0.926 bits per heavy atom. The van der Waals surface area contributed by atoms with Crippen molar-refractivity contribution in [3.8, 4) is 22.3 Å². The van der Waals surface area contributed by atoms with E-state index in [-0.39, 0.29) is 10.8 Å². The van der Waals surface area contributed by atoms with E-state index in [9.17, 15) is 0 Å². The van der Waals surface area contributed by atoms with E-state index in [0.29, 0.717) is 5.92 Å². The van der Waals surface area contributed by atoms with Crippen LogP contribution in [0.3, 0.4) is 0 Å². The SMILES string of the molecule is CCCCCCC1=C(C2=CC(CC)=C(C3=CC=C(N(c4ccc(-c5ccccc5)cc4)c4ccc(C(C)(C)CC)cc4)CC3)CC2)CC(CCCCCC)C(c2ccc(C3=CC=C(N(C4=CC=C(C(C)(CC)CC)CC4)c4ccc(-c5ccccc5)cc4)CC3)c(CC)c2)=C1. The molecule has 1 unspecified atom stereocenters. The van der Waals surface area contributed by atoms with E-state index < -0.39 is 0 Å². The highest BCUT2D eigenvalue weighted by Crippen LogP contribution is 2.49. The predicted molar refractivity (Wildman–Crippen MR) is 414 cm³/mol. The lowest BCUT2D eigenvalue weighted by atomic mass is 9.72. The molecule has 5 aliphatic rings. The molecule has 0 radical (unpaired) electrons. The van der Waals surface area contributed by atoms with Gasteiger partial charge in [-0.3, -0.25) is 0 Å².